The second-order valence-electron chi connectivity index (χ2n) is 7.30. The molecule has 0 saturated carbocycles. The fourth-order valence-corrected chi connectivity index (χ4v) is 3.56. The molecule has 2 aromatic rings. The van der Waals surface area contributed by atoms with Crippen LogP contribution in [0.4, 0.5) is 0 Å². The van der Waals surface area contributed by atoms with E-state index in [1.165, 1.54) is 18.7 Å². The predicted molar refractivity (Wildman–Crippen MR) is 101 cm³/mol. The van der Waals surface area contributed by atoms with E-state index in [1.54, 1.807) is 12.1 Å². The number of nitrogens with zero attached hydrogens (tertiary/aromatic N) is 1. The highest BCUT2D eigenvalue weighted by Gasteiger charge is 2.56. The van der Waals surface area contributed by atoms with Gasteiger partial charge in [-0.05, 0) is 42.5 Å². The molecule has 1 aromatic carbocycles. The number of aliphatic hydroxyl groups is 5. The molecule has 0 aliphatic carbocycles. The van der Waals surface area contributed by atoms with Crippen LogP contribution in [0, 0.1) is 0 Å². The molecule has 1 aromatic heterocycles. The normalized spacial score (nSPS) is 31.5. The number of rotatable bonds is 5. The van der Waals surface area contributed by atoms with Crippen molar-refractivity contribution in [3.8, 4) is 0 Å². The Morgan fingerprint density at radius 1 is 1.07 bits per heavy atom. The van der Waals surface area contributed by atoms with Crippen LogP contribution in [0.25, 0.3) is 0 Å². The van der Waals surface area contributed by atoms with E-state index in [0.29, 0.717) is 12.0 Å². The van der Waals surface area contributed by atoms with Gasteiger partial charge in [0.25, 0.3) is 0 Å². The van der Waals surface area contributed by atoms with Gasteiger partial charge in [-0.25, -0.2) is 0 Å². The van der Waals surface area contributed by atoms with Gasteiger partial charge in [0.05, 0.1) is 6.10 Å². The quantitative estimate of drug-likeness (QED) is 0.496. The zero-order chi connectivity index (χ0) is 20.5. The van der Waals surface area contributed by atoms with Crippen molar-refractivity contribution in [3.05, 3.63) is 65.0 Å². The van der Waals surface area contributed by atoms with Crippen molar-refractivity contribution >= 4 is 0 Å². The van der Waals surface area contributed by atoms with Gasteiger partial charge in [0.2, 0.25) is 5.79 Å². The van der Waals surface area contributed by atoms with E-state index in [4.69, 9.17) is 4.74 Å². The molecule has 2 heterocycles. The van der Waals surface area contributed by atoms with Gasteiger partial charge in [-0.2, -0.15) is 0 Å². The first kappa shape index (κ1) is 20.9. The monoisotopic (exact) mass is 389 g/mol. The molecule has 0 bridgehead atoms. The standard InChI is InChI=1S/C21H27NO6/c1-3-13-6-8-14(9-7-13)11-15-5-4-10-22-19(15)21(27)20(26)17(25)16(24)18(28-21)12(2)23/h4-10,12,16-18,20,23-27H,3,11H2,1-2H3/t12-,16-,17-,18+,20+,21+/m0/s1. The summed E-state index contributed by atoms with van der Waals surface area (Å²) in [5, 5.41) is 51.8. The lowest BCUT2D eigenvalue weighted by molar-refractivity contribution is -0.365. The van der Waals surface area contributed by atoms with Gasteiger partial charge in [0, 0.05) is 6.20 Å². The summed E-state index contributed by atoms with van der Waals surface area (Å²) < 4.78 is 5.51. The molecule has 5 N–H and O–H groups in total. The molecule has 7 heteroatoms. The van der Waals surface area contributed by atoms with Crippen LogP contribution in [-0.4, -0.2) is 61.0 Å². The number of aliphatic hydroxyl groups excluding tert-OH is 4. The molecule has 6 atom stereocenters. The van der Waals surface area contributed by atoms with Crippen molar-refractivity contribution in [2.75, 3.05) is 0 Å². The molecule has 1 fully saturated rings. The van der Waals surface area contributed by atoms with Crippen LogP contribution in [-0.2, 0) is 23.4 Å². The Kier molecular flexibility index (Phi) is 6.14. The van der Waals surface area contributed by atoms with Crippen molar-refractivity contribution in [3.63, 3.8) is 0 Å². The third-order valence-electron chi connectivity index (χ3n) is 5.26. The van der Waals surface area contributed by atoms with Gasteiger partial charge in [-0.3, -0.25) is 4.98 Å². The lowest BCUT2D eigenvalue weighted by Gasteiger charge is -2.46. The molecule has 152 valence electrons. The highest BCUT2D eigenvalue weighted by Crippen LogP contribution is 2.38. The number of hydrogen-bond donors (Lipinski definition) is 5. The van der Waals surface area contributed by atoms with Gasteiger partial charge >= 0.3 is 0 Å². The van der Waals surface area contributed by atoms with Gasteiger partial charge in [-0.1, -0.05) is 37.3 Å². The third kappa shape index (κ3) is 3.82. The van der Waals surface area contributed by atoms with Crippen molar-refractivity contribution in [2.24, 2.45) is 0 Å². The molecule has 0 radical (unpaired) electrons. The summed E-state index contributed by atoms with van der Waals surface area (Å²) in [5.74, 6) is -2.37. The first-order chi connectivity index (χ1) is 13.3. The maximum Gasteiger partial charge on any atom is 0.240 e. The van der Waals surface area contributed by atoms with Crippen LogP contribution in [0.5, 0.6) is 0 Å². The largest absolute Gasteiger partial charge is 0.391 e. The predicted octanol–water partition coefficient (Wildman–Crippen LogP) is 0.242. The molecule has 0 unspecified atom stereocenters. The van der Waals surface area contributed by atoms with E-state index in [1.807, 2.05) is 24.3 Å². The first-order valence-electron chi connectivity index (χ1n) is 9.42. The second-order valence-corrected chi connectivity index (χ2v) is 7.30. The summed E-state index contributed by atoms with van der Waals surface area (Å²) in [6, 6.07) is 11.5. The smallest absolute Gasteiger partial charge is 0.240 e. The highest BCUT2D eigenvalue weighted by molar-refractivity contribution is 5.33. The van der Waals surface area contributed by atoms with Gasteiger partial charge < -0.3 is 30.3 Å². The number of aromatic nitrogens is 1. The van der Waals surface area contributed by atoms with Crippen LogP contribution in [0.15, 0.2) is 42.6 Å². The van der Waals surface area contributed by atoms with Crippen molar-refractivity contribution < 1.29 is 30.3 Å². The number of hydrogen-bond acceptors (Lipinski definition) is 7. The number of benzene rings is 1. The van der Waals surface area contributed by atoms with Crippen molar-refractivity contribution in [2.45, 2.75) is 63.0 Å². The Bertz CT molecular complexity index is 796. The van der Waals surface area contributed by atoms with Crippen LogP contribution < -0.4 is 0 Å². The third-order valence-corrected chi connectivity index (χ3v) is 5.26. The highest BCUT2D eigenvalue weighted by atomic mass is 16.7. The van der Waals surface area contributed by atoms with E-state index in [0.717, 1.165) is 12.0 Å². The lowest BCUT2D eigenvalue weighted by atomic mass is 9.86. The zero-order valence-corrected chi connectivity index (χ0v) is 15.9. The average Bonchev–Trinajstić information content (AvgIpc) is 2.70. The minimum absolute atomic E-state index is 0.0404. The molecular formula is C21H27NO6. The number of aryl methyl sites for hydroxylation is 1. The van der Waals surface area contributed by atoms with Gasteiger partial charge in [-0.15, -0.1) is 0 Å². The van der Waals surface area contributed by atoms with Gasteiger partial charge in [0.1, 0.15) is 30.1 Å². The number of pyridine rings is 1. The van der Waals surface area contributed by atoms with Crippen molar-refractivity contribution in [1.82, 2.24) is 4.98 Å². The second kappa shape index (κ2) is 8.24. The van der Waals surface area contributed by atoms with E-state index in [2.05, 4.69) is 11.9 Å². The fraction of sp³-hybridized carbons (Fsp3) is 0.476. The fourth-order valence-electron chi connectivity index (χ4n) is 3.56. The van der Waals surface area contributed by atoms with Crippen LogP contribution >= 0.6 is 0 Å². The molecule has 1 aliphatic rings. The summed E-state index contributed by atoms with van der Waals surface area (Å²) in [4.78, 5) is 4.20. The Hall–Kier alpha value is -1.87. The minimum atomic E-state index is -2.37. The van der Waals surface area contributed by atoms with E-state index in [9.17, 15) is 25.5 Å². The van der Waals surface area contributed by atoms with Gasteiger partial charge in [0.15, 0.2) is 0 Å². The summed E-state index contributed by atoms with van der Waals surface area (Å²) >= 11 is 0. The topological polar surface area (TPSA) is 123 Å². The molecular weight excluding hydrogens is 362 g/mol. The summed E-state index contributed by atoms with van der Waals surface area (Å²) in [7, 11) is 0. The Balaban J connectivity index is 1.97. The van der Waals surface area contributed by atoms with Crippen LogP contribution in [0.2, 0.25) is 0 Å². The lowest BCUT2D eigenvalue weighted by Crippen LogP contribution is -2.65. The summed E-state index contributed by atoms with van der Waals surface area (Å²) in [5.41, 5.74) is 2.82. The molecule has 1 saturated heterocycles. The van der Waals surface area contributed by atoms with Crippen LogP contribution in [0.1, 0.15) is 36.2 Å². The van der Waals surface area contributed by atoms with E-state index >= 15 is 0 Å². The molecule has 28 heavy (non-hydrogen) atoms. The Morgan fingerprint density at radius 3 is 2.32 bits per heavy atom. The summed E-state index contributed by atoms with van der Waals surface area (Å²) in [6.45, 7) is 3.44. The molecule has 0 spiro atoms. The molecule has 7 nitrogen and oxygen atoms in total. The van der Waals surface area contributed by atoms with Crippen molar-refractivity contribution in [1.29, 1.82) is 0 Å². The zero-order valence-electron chi connectivity index (χ0n) is 15.9. The molecule has 0 amide bonds. The van der Waals surface area contributed by atoms with E-state index < -0.39 is 36.3 Å². The average molecular weight is 389 g/mol. The molecule has 3 rings (SSSR count). The Morgan fingerprint density at radius 2 is 1.71 bits per heavy atom. The maximum atomic E-state index is 11.1. The maximum absolute atomic E-state index is 11.1. The SMILES string of the molecule is CCc1ccc(Cc2cccnc2[C@@]2(O)O[C@H]([C@H](C)O)[C@@H](O)[C@H](O)[C@H]2O)cc1. The molecule has 1 aliphatic heterocycles. The minimum Gasteiger partial charge on any atom is -0.391 e. The van der Waals surface area contributed by atoms with Crippen LogP contribution in [0.3, 0.4) is 0 Å². The van der Waals surface area contributed by atoms with E-state index in [-0.39, 0.29) is 5.69 Å². The summed E-state index contributed by atoms with van der Waals surface area (Å²) in [6.07, 6.45) is -4.78. The Labute approximate surface area is 163 Å². The number of ether oxygens (including phenoxy) is 1. The first-order valence-corrected chi connectivity index (χ1v) is 9.42.